The highest BCUT2D eigenvalue weighted by Crippen LogP contribution is 2.42. The Kier molecular flexibility index (Phi) is 7.20. The third-order valence-corrected chi connectivity index (χ3v) is 7.20. The van der Waals surface area contributed by atoms with Crippen molar-refractivity contribution in [3.63, 3.8) is 0 Å². The van der Waals surface area contributed by atoms with Crippen LogP contribution in [0.3, 0.4) is 0 Å². The summed E-state index contributed by atoms with van der Waals surface area (Å²) in [6.45, 7) is 10.8. The maximum absolute atomic E-state index is 13.4. The first kappa shape index (κ1) is 22.8. The molecule has 32 heavy (non-hydrogen) atoms. The van der Waals surface area contributed by atoms with Crippen molar-refractivity contribution in [2.75, 3.05) is 31.6 Å². The second-order valence-electron chi connectivity index (χ2n) is 10.2. The highest BCUT2D eigenvalue weighted by molar-refractivity contribution is 5.99. The number of rotatable bonds is 7. The van der Waals surface area contributed by atoms with Crippen LogP contribution in [-0.4, -0.2) is 37.0 Å². The fourth-order valence-electron chi connectivity index (χ4n) is 5.72. The third-order valence-electron chi connectivity index (χ3n) is 7.20. The summed E-state index contributed by atoms with van der Waals surface area (Å²) in [6.07, 6.45) is 5.36. The minimum Gasteiger partial charge on any atom is -0.492 e. The molecule has 0 spiro atoms. The highest BCUT2D eigenvalue weighted by Gasteiger charge is 2.42. The van der Waals surface area contributed by atoms with Crippen LogP contribution in [0.4, 0.5) is 5.69 Å². The molecule has 2 aromatic carbocycles. The van der Waals surface area contributed by atoms with Gasteiger partial charge in [0.2, 0.25) is 5.91 Å². The number of aryl methyl sites for hydroxylation is 1. The van der Waals surface area contributed by atoms with E-state index in [0.29, 0.717) is 6.61 Å². The van der Waals surface area contributed by atoms with E-state index in [4.69, 9.17) is 4.74 Å². The summed E-state index contributed by atoms with van der Waals surface area (Å²) in [5.41, 5.74) is 2.77. The Balaban J connectivity index is 1.33. The van der Waals surface area contributed by atoms with Gasteiger partial charge in [0, 0.05) is 25.3 Å². The summed E-state index contributed by atoms with van der Waals surface area (Å²) in [4.78, 5) is 15.9. The van der Waals surface area contributed by atoms with E-state index in [1.165, 1.54) is 25.1 Å². The SMILES string of the molecule is Cc1cccc(C2(C(=O)Nc3ccc(OCCN4C[C@H](C)C[C@@H](C)C4)cc3)CCCC2)c1. The number of benzene rings is 2. The number of hydrogen-bond donors (Lipinski definition) is 1. The van der Waals surface area contributed by atoms with Crippen LogP contribution in [0.2, 0.25) is 0 Å². The van der Waals surface area contributed by atoms with Gasteiger partial charge >= 0.3 is 0 Å². The van der Waals surface area contributed by atoms with E-state index in [0.717, 1.165) is 61.1 Å². The minimum absolute atomic E-state index is 0.114. The van der Waals surface area contributed by atoms with Crippen molar-refractivity contribution in [3.8, 4) is 5.75 Å². The summed E-state index contributed by atoms with van der Waals surface area (Å²) in [6, 6.07) is 16.3. The molecule has 4 nitrogen and oxygen atoms in total. The first-order valence-corrected chi connectivity index (χ1v) is 12.3. The fraction of sp³-hybridized carbons (Fsp3) is 0.536. The smallest absolute Gasteiger partial charge is 0.235 e. The van der Waals surface area contributed by atoms with Crippen LogP contribution >= 0.6 is 0 Å². The average Bonchev–Trinajstić information content (AvgIpc) is 3.26. The number of ether oxygens (including phenoxy) is 1. The Morgan fingerprint density at radius 2 is 1.75 bits per heavy atom. The number of carbonyl (C=O) groups is 1. The molecular weight excluding hydrogens is 396 g/mol. The van der Waals surface area contributed by atoms with Gasteiger partial charge in [0.15, 0.2) is 0 Å². The Bertz CT molecular complexity index is 892. The molecule has 0 bridgehead atoms. The Morgan fingerprint density at radius 3 is 2.41 bits per heavy atom. The van der Waals surface area contributed by atoms with Crippen molar-refractivity contribution in [2.24, 2.45) is 11.8 Å². The topological polar surface area (TPSA) is 41.6 Å². The van der Waals surface area contributed by atoms with Crippen LogP contribution in [0.25, 0.3) is 0 Å². The zero-order chi connectivity index (χ0) is 22.6. The molecule has 0 aromatic heterocycles. The van der Waals surface area contributed by atoms with Gasteiger partial charge in [-0.15, -0.1) is 0 Å². The van der Waals surface area contributed by atoms with Crippen molar-refractivity contribution >= 4 is 11.6 Å². The summed E-state index contributed by atoms with van der Waals surface area (Å²) in [5, 5.41) is 3.18. The summed E-state index contributed by atoms with van der Waals surface area (Å²) in [7, 11) is 0. The molecule has 4 heteroatoms. The average molecular weight is 435 g/mol. The van der Waals surface area contributed by atoms with Crippen LogP contribution in [0.5, 0.6) is 5.75 Å². The maximum Gasteiger partial charge on any atom is 0.235 e. The monoisotopic (exact) mass is 434 g/mol. The molecular formula is C28H38N2O2. The van der Waals surface area contributed by atoms with Crippen molar-refractivity contribution in [1.82, 2.24) is 4.90 Å². The van der Waals surface area contributed by atoms with Gasteiger partial charge in [0.25, 0.3) is 0 Å². The normalized spacial score (nSPS) is 23.1. The van der Waals surface area contributed by atoms with Gasteiger partial charge in [0.1, 0.15) is 12.4 Å². The Hall–Kier alpha value is -2.33. The third kappa shape index (κ3) is 5.35. The largest absolute Gasteiger partial charge is 0.492 e. The number of likely N-dealkylation sites (tertiary alicyclic amines) is 1. The molecule has 1 aliphatic carbocycles. The zero-order valence-corrected chi connectivity index (χ0v) is 19.9. The molecule has 1 amide bonds. The Morgan fingerprint density at radius 1 is 1.06 bits per heavy atom. The molecule has 0 unspecified atom stereocenters. The van der Waals surface area contributed by atoms with Gasteiger partial charge in [-0.25, -0.2) is 0 Å². The van der Waals surface area contributed by atoms with Crippen LogP contribution in [0, 0.1) is 18.8 Å². The summed E-state index contributed by atoms with van der Waals surface area (Å²) >= 11 is 0. The van der Waals surface area contributed by atoms with Gasteiger partial charge < -0.3 is 10.1 Å². The van der Waals surface area contributed by atoms with Crippen molar-refractivity contribution < 1.29 is 9.53 Å². The molecule has 2 atom stereocenters. The predicted molar refractivity (Wildman–Crippen MR) is 131 cm³/mol. The number of piperidine rings is 1. The molecule has 2 aromatic rings. The molecule has 4 rings (SSSR count). The van der Waals surface area contributed by atoms with Crippen molar-refractivity contribution in [2.45, 2.75) is 58.3 Å². The molecule has 1 saturated heterocycles. The van der Waals surface area contributed by atoms with Crippen LogP contribution < -0.4 is 10.1 Å². The number of hydrogen-bond acceptors (Lipinski definition) is 3. The minimum atomic E-state index is -0.413. The van der Waals surface area contributed by atoms with Crippen LogP contribution in [0.1, 0.15) is 57.1 Å². The number of amides is 1. The molecule has 0 radical (unpaired) electrons. The molecule has 2 aliphatic rings. The number of nitrogens with one attached hydrogen (secondary N) is 1. The standard InChI is InChI=1S/C28H38N2O2/c1-21-7-6-8-24(18-21)28(13-4-5-14-28)27(31)29-25-9-11-26(12-10-25)32-16-15-30-19-22(2)17-23(3)20-30/h6-12,18,22-23H,4-5,13-17,19-20H2,1-3H3,(H,29,31)/t22-,23-/m1/s1. The lowest BCUT2D eigenvalue weighted by Gasteiger charge is -2.34. The van der Waals surface area contributed by atoms with Gasteiger partial charge in [-0.1, -0.05) is 56.5 Å². The molecule has 172 valence electrons. The molecule has 1 heterocycles. The van der Waals surface area contributed by atoms with E-state index in [1.54, 1.807) is 0 Å². The molecule has 1 N–H and O–H groups in total. The second-order valence-corrected chi connectivity index (χ2v) is 10.2. The number of anilines is 1. The van der Waals surface area contributed by atoms with Gasteiger partial charge in [-0.2, -0.15) is 0 Å². The van der Waals surface area contributed by atoms with Crippen LogP contribution in [0.15, 0.2) is 48.5 Å². The van der Waals surface area contributed by atoms with Gasteiger partial charge in [-0.05, 0) is 67.9 Å². The lowest BCUT2D eigenvalue weighted by atomic mass is 9.77. The number of carbonyl (C=O) groups excluding carboxylic acids is 1. The predicted octanol–water partition coefficient (Wildman–Crippen LogP) is 5.80. The first-order chi connectivity index (χ1) is 15.4. The lowest BCUT2D eigenvalue weighted by molar-refractivity contribution is -0.121. The second kappa shape index (κ2) is 10.1. The first-order valence-electron chi connectivity index (χ1n) is 12.3. The van der Waals surface area contributed by atoms with E-state index >= 15 is 0 Å². The van der Waals surface area contributed by atoms with E-state index in [9.17, 15) is 4.79 Å². The highest BCUT2D eigenvalue weighted by atomic mass is 16.5. The Labute approximate surface area is 193 Å². The lowest BCUT2D eigenvalue weighted by Crippen LogP contribution is -2.40. The number of nitrogens with zero attached hydrogens (tertiary/aromatic N) is 1. The van der Waals surface area contributed by atoms with E-state index in [1.807, 2.05) is 24.3 Å². The summed E-state index contributed by atoms with van der Waals surface area (Å²) < 4.78 is 5.99. The zero-order valence-electron chi connectivity index (χ0n) is 19.9. The molecule has 1 aliphatic heterocycles. The molecule has 2 fully saturated rings. The van der Waals surface area contributed by atoms with Crippen molar-refractivity contribution in [3.05, 3.63) is 59.7 Å². The quantitative estimate of drug-likeness (QED) is 0.599. The van der Waals surface area contributed by atoms with E-state index in [2.05, 4.69) is 55.3 Å². The van der Waals surface area contributed by atoms with Crippen LogP contribution in [-0.2, 0) is 10.2 Å². The van der Waals surface area contributed by atoms with E-state index < -0.39 is 5.41 Å². The van der Waals surface area contributed by atoms with Gasteiger partial charge in [-0.3, -0.25) is 9.69 Å². The van der Waals surface area contributed by atoms with Gasteiger partial charge in [0.05, 0.1) is 5.41 Å². The maximum atomic E-state index is 13.4. The molecule has 1 saturated carbocycles. The van der Waals surface area contributed by atoms with E-state index in [-0.39, 0.29) is 5.91 Å². The van der Waals surface area contributed by atoms with Crippen molar-refractivity contribution in [1.29, 1.82) is 0 Å². The summed E-state index contributed by atoms with van der Waals surface area (Å²) in [5.74, 6) is 2.51. The fourth-order valence-corrected chi connectivity index (χ4v) is 5.72.